The predicted octanol–water partition coefficient (Wildman–Crippen LogP) is 1.92. The van der Waals surface area contributed by atoms with E-state index in [1.54, 1.807) is 11.4 Å². The van der Waals surface area contributed by atoms with Crippen molar-refractivity contribution in [1.29, 1.82) is 0 Å². The maximum absolute atomic E-state index is 12.3. The van der Waals surface area contributed by atoms with Gasteiger partial charge in [0.2, 0.25) is 10.0 Å². The van der Waals surface area contributed by atoms with E-state index in [9.17, 15) is 8.42 Å². The van der Waals surface area contributed by atoms with Crippen molar-refractivity contribution in [2.24, 2.45) is 23.5 Å². The van der Waals surface area contributed by atoms with E-state index in [0.29, 0.717) is 17.4 Å². The lowest BCUT2D eigenvalue weighted by Gasteiger charge is -2.21. The quantitative estimate of drug-likeness (QED) is 0.872. The molecule has 4 nitrogen and oxygen atoms in total. The summed E-state index contributed by atoms with van der Waals surface area (Å²) in [5, 5.41) is 1.79. The van der Waals surface area contributed by atoms with Crippen LogP contribution in [0.15, 0.2) is 16.3 Å². The first kappa shape index (κ1) is 13.5. The molecule has 106 valence electrons. The Morgan fingerprint density at radius 1 is 1.37 bits per heavy atom. The monoisotopic (exact) mass is 300 g/mol. The number of rotatable bonds is 5. The summed E-state index contributed by atoms with van der Waals surface area (Å²) in [5.41, 5.74) is 5.58. The van der Waals surface area contributed by atoms with Crippen molar-refractivity contribution < 1.29 is 8.42 Å². The van der Waals surface area contributed by atoms with Crippen LogP contribution in [0.1, 0.15) is 30.6 Å². The first-order valence-corrected chi connectivity index (χ1v) is 9.22. The Labute approximate surface area is 118 Å². The van der Waals surface area contributed by atoms with E-state index in [1.807, 2.05) is 0 Å². The Morgan fingerprint density at radius 3 is 2.84 bits per heavy atom. The third-order valence-corrected chi connectivity index (χ3v) is 7.18. The molecular weight excluding hydrogens is 280 g/mol. The predicted molar refractivity (Wildman–Crippen MR) is 76.3 cm³/mol. The molecule has 0 saturated heterocycles. The van der Waals surface area contributed by atoms with Gasteiger partial charge in [0.1, 0.15) is 0 Å². The van der Waals surface area contributed by atoms with Gasteiger partial charge in [-0.25, -0.2) is 13.1 Å². The second kappa shape index (κ2) is 5.16. The minimum Gasteiger partial charge on any atom is -0.326 e. The van der Waals surface area contributed by atoms with Crippen LogP contribution >= 0.6 is 11.3 Å². The highest BCUT2D eigenvalue weighted by Gasteiger charge is 2.39. The van der Waals surface area contributed by atoms with Crippen LogP contribution in [-0.4, -0.2) is 15.0 Å². The number of nitrogens with two attached hydrogens (primary N) is 1. The lowest BCUT2D eigenvalue weighted by atomic mass is 9.89. The number of nitrogens with one attached hydrogen (secondary N) is 1. The number of fused-ring (bicyclic) bond motifs is 2. The summed E-state index contributed by atoms with van der Waals surface area (Å²) in [4.78, 5) is 1.10. The van der Waals surface area contributed by atoms with Crippen LogP contribution in [0.4, 0.5) is 0 Å². The van der Waals surface area contributed by atoms with Crippen LogP contribution in [0.2, 0.25) is 0 Å². The van der Waals surface area contributed by atoms with E-state index in [2.05, 4.69) is 4.72 Å². The third kappa shape index (κ3) is 2.59. The van der Waals surface area contributed by atoms with Gasteiger partial charge in [0.05, 0.1) is 4.90 Å². The maximum atomic E-state index is 12.3. The molecule has 2 aliphatic rings. The highest BCUT2D eigenvalue weighted by atomic mass is 32.2. The number of hydrogen-bond acceptors (Lipinski definition) is 4. The largest absolute Gasteiger partial charge is 0.326 e. The molecule has 3 N–H and O–H groups in total. The zero-order chi connectivity index (χ0) is 13.5. The van der Waals surface area contributed by atoms with Crippen LogP contribution in [0.25, 0.3) is 0 Å². The fourth-order valence-corrected chi connectivity index (χ4v) is 6.07. The molecule has 19 heavy (non-hydrogen) atoms. The summed E-state index contributed by atoms with van der Waals surface area (Å²) in [5.74, 6) is 2.12. The lowest BCUT2D eigenvalue weighted by molar-refractivity contribution is 0.333. The smallest absolute Gasteiger partial charge is 0.241 e. The normalized spacial score (nSPS) is 30.1. The molecule has 3 atom stereocenters. The molecular formula is C13H20N2O2S2. The number of hydrogen-bond donors (Lipinski definition) is 2. The Kier molecular flexibility index (Phi) is 3.68. The maximum Gasteiger partial charge on any atom is 0.241 e. The minimum atomic E-state index is -3.38. The Bertz CT molecular complexity index is 553. The Hall–Kier alpha value is -0.430. The van der Waals surface area contributed by atoms with Crippen LogP contribution in [0.3, 0.4) is 0 Å². The standard InChI is InChI=1S/C13H20N2O2S2/c14-7-12-13(3-4-18-12)19(16,17)15-8-11-6-9-1-2-10(11)5-9/h3-4,9-11,15H,1-2,5-8,14H2. The summed E-state index contributed by atoms with van der Waals surface area (Å²) < 4.78 is 27.3. The molecule has 3 rings (SSSR count). The van der Waals surface area contributed by atoms with Crippen molar-refractivity contribution in [1.82, 2.24) is 4.72 Å². The van der Waals surface area contributed by atoms with Crippen molar-refractivity contribution in [3.63, 3.8) is 0 Å². The second-order valence-electron chi connectivity index (χ2n) is 5.70. The Balaban J connectivity index is 1.66. The van der Waals surface area contributed by atoms with Gasteiger partial charge in [0, 0.05) is 18.0 Å². The molecule has 1 heterocycles. The molecule has 1 aromatic heterocycles. The molecule has 0 aliphatic heterocycles. The Morgan fingerprint density at radius 2 is 2.21 bits per heavy atom. The first-order chi connectivity index (χ1) is 9.10. The number of thiophene rings is 1. The highest BCUT2D eigenvalue weighted by Crippen LogP contribution is 2.48. The van der Waals surface area contributed by atoms with Gasteiger partial charge in [-0.2, -0.15) is 0 Å². The first-order valence-electron chi connectivity index (χ1n) is 6.86. The molecule has 2 saturated carbocycles. The van der Waals surface area contributed by atoms with Crippen LogP contribution in [0, 0.1) is 17.8 Å². The zero-order valence-electron chi connectivity index (χ0n) is 10.8. The summed E-state index contributed by atoms with van der Waals surface area (Å²) in [6.45, 7) is 0.866. The van der Waals surface area contributed by atoms with Gasteiger partial charge in [0.25, 0.3) is 0 Å². The van der Waals surface area contributed by atoms with Gasteiger partial charge in [-0.05, 0) is 48.5 Å². The molecule has 0 radical (unpaired) electrons. The van der Waals surface area contributed by atoms with E-state index >= 15 is 0 Å². The fraction of sp³-hybridized carbons (Fsp3) is 0.692. The molecule has 2 fully saturated rings. The van der Waals surface area contributed by atoms with Crippen molar-refractivity contribution >= 4 is 21.4 Å². The molecule has 3 unspecified atom stereocenters. The molecule has 6 heteroatoms. The number of sulfonamides is 1. The van der Waals surface area contributed by atoms with Gasteiger partial charge in [-0.15, -0.1) is 11.3 Å². The SMILES string of the molecule is NCc1sccc1S(=O)(=O)NCC1CC2CCC1C2. The average molecular weight is 300 g/mol. The van der Waals surface area contributed by atoms with E-state index in [1.165, 1.54) is 37.0 Å². The van der Waals surface area contributed by atoms with Gasteiger partial charge in [-0.1, -0.05) is 6.42 Å². The summed E-state index contributed by atoms with van der Waals surface area (Å²) in [6, 6.07) is 1.65. The molecule has 2 bridgehead atoms. The summed E-state index contributed by atoms with van der Waals surface area (Å²) >= 11 is 1.40. The molecule has 0 spiro atoms. The van der Waals surface area contributed by atoms with Crippen molar-refractivity contribution in [2.45, 2.75) is 37.1 Å². The second-order valence-corrected chi connectivity index (χ2v) is 8.44. The van der Waals surface area contributed by atoms with E-state index in [4.69, 9.17) is 5.73 Å². The molecule has 1 aromatic rings. The topological polar surface area (TPSA) is 72.2 Å². The van der Waals surface area contributed by atoms with Crippen molar-refractivity contribution in [3.8, 4) is 0 Å². The van der Waals surface area contributed by atoms with Gasteiger partial charge < -0.3 is 5.73 Å². The highest BCUT2D eigenvalue weighted by molar-refractivity contribution is 7.89. The van der Waals surface area contributed by atoms with E-state index in [0.717, 1.165) is 16.7 Å². The minimum absolute atomic E-state index is 0.280. The van der Waals surface area contributed by atoms with Crippen molar-refractivity contribution in [2.75, 3.05) is 6.54 Å². The fourth-order valence-electron chi connectivity index (χ4n) is 3.64. The molecule has 2 aliphatic carbocycles. The van der Waals surface area contributed by atoms with Crippen molar-refractivity contribution in [3.05, 3.63) is 16.3 Å². The lowest BCUT2D eigenvalue weighted by Crippen LogP contribution is -2.32. The zero-order valence-corrected chi connectivity index (χ0v) is 12.5. The average Bonchev–Trinajstić information content (AvgIpc) is 3.11. The van der Waals surface area contributed by atoms with Gasteiger partial charge in [-0.3, -0.25) is 0 Å². The van der Waals surface area contributed by atoms with Gasteiger partial charge in [0.15, 0.2) is 0 Å². The van der Waals surface area contributed by atoms with E-state index < -0.39 is 10.0 Å². The summed E-state index contributed by atoms with van der Waals surface area (Å²) in [7, 11) is -3.38. The van der Waals surface area contributed by atoms with Crippen LogP contribution in [-0.2, 0) is 16.6 Å². The molecule has 0 amide bonds. The third-order valence-electron chi connectivity index (χ3n) is 4.60. The van der Waals surface area contributed by atoms with E-state index in [-0.39, 0.29) is 6.54 Å². The molecule has 0 aromatic carbocycles. The van der Waals surface area contributed by atoms with Crippen LogP contribution in [0.5, 0.6) is 0 Å². The summed E-state index contributed by atoms with van der Waals surface area (Å²) in [6.07, 6.45) is 5.12. The van der Waals surface area contributed by atoms with Gasteiger partial charge >= 0.3 is 0 Å². The van der Waals surface area contributed by atoms with Crippen LogP contribution < -0.4 is 10.5 Å².